The van der Waals surface area contributed by atoms with Crippen molar-refractivity contribution in [1.82, 2.24) is 0 Å². The van der Waals surface area contributed by atoms with Gasteiger partial charge in [0.1, 0.15) is 0 Å². The Morgan fingerprint density at radius 1 is 1.50 bits per heavy atom. The molecule has 1 saturated heterocycles. The summed E-state index contributed by atoms with van der Waals surface area (Å²) < 4.78 is 10.7. The molecule has 94 valence electrons. The summed E-state index contributed by atoms with van der Waals surface area (Å²) in [4.78, 5) is 12.0. The van der Waals surface area contributed by atoms with Gasteiger partial charge in [0.25, 0.3) is 0 Å². The number of carbonyl (C=O) groups is 1. The lowest BCUT2D eigenvalue weighted by Crippen LogP contribution is -2.31. The van der Waals surface area contributed by atoms with Gasteiger partial charge in [-0.05, 0) is 35.7 Å². The number of ether oxygens (including phenoxy) is 2. The molecule has 1 aliphatic heterocycles. The molecule has 0 N–H and O–H groups in total. The van der Waals surface area contributed by atoms with Gasteiger partial charge in [0.15, 0.2) is 0 Å². The van der Waals surface area contributed by atoms with E-state index in [4.69, 9.17) is 9.47 Å². The van der Waals surface area contributed by atoms with Crippen molar-refractivity contribution in [2.45, 2.75) is 6.42 Å². The van der Waals surface area contributed by atoms with E-state index in [1.807, 2.05) is 0 Å². The van der Waals surface area contributed by atoms with Crippen LogP contribution in [0.4, 0.5) is 0 Å². The predicted molar refractivity (Wildman–Crippen MR) is 63.5 cm³/mol. The minimum absolute atomic E-state index is 0.119. The van der Waals surface area contributed by atoms with Gasteiger partial charge in [0.05, 0.1) is 20.3 Å². The van der Waals surface area contributed by atoms with E-state index in [1.165, 1.54) is 19.1 Å². The molecule has 0 aromatic rings. The first kappa shape index (κ1) is 9.79. The number of carbonyl (C=O) groups excluding carboxylic acids is 1. The van der Waals surface area contributed by atoms with Gasteiger partial charge < -0.3 is 9.47 Å². The zero-order valence-electron chi connectivity index (χ0n) is 10.4. The molecular weight excluding hydrogens is 228 g/mol. The van der Waals surface area contributed by atoms with E-state index >= 15 is 0 Å². The standard InChI is InChI=1S/C15H16O3/c1-17-14(16)11-3-9-10-4-12-8(11)2-7-5-18-6-15(7,12)13(9)10/h2-3,8-10,12-13H,4-6H2,1H3. The van der Waals surface area contributed by atoms with Crippen LogP contribution in [0.3, 0.4) is 0 Å². The van der Waals surface area contributed by atoms with Crippen LogP contribution in [0.25, 0.3) is 0 Å². The molecule has 2 saturated carbocycles. The monoisotopic (exact) mass is 244 g/mol. The minimum Gasteiger partial charge on any atom is -0.466 e. The third-order valence-electron chi connectivity index (χ3n) is 6.17. The van der Waals surface area contributed by atoms with Crippen LogP contribution in [0.15, 0.2) is 23.3 Å². The average Bonchev–Trinajstić information content (AvgIpc) is 2.63. The van der Waals surface area contributed by atoms with Gasteiger partial charge in [0.2, 0.25) is 0 Å². The van der Waals surface area contributed by atoms with Crippen molar-refractivity contribution in [3.8, 4) is 0 Å². The Morgan fingerprint density at radius 2 is 2.39 bits per heavy atom. The summed E-state index contributed by atoms with van der Waals surface area (Å²) in [5.74, 6) is 2.97. The molecule has 3 fully saturated rings. The van der Waals surface area contributed by atoms with Gasteiger partial charge in [-0.1, -0.05) is 12.2 Å². The van der Waals surface area contributed by atoms with E-state index in [9.17, 15) is 4.79 Å². The first-order chi connectivity index (χ1) is 8.77. The Morgan fingerprint density at radius 3 is 3.22 bits per heavy atom. The quantitative estimate of drug-likeness (QED) is 0.518. The summed E-state index contributed by atoms with van der Waals surface area (Å²) in [6, 6.07) is 0. The highest BCUT2D eigenvalue weighted by Gasteiger charge is 2.75. The Hall–Kier alpha value is -1.09. The lowest BCUT2D eigenvalue weighted by molar-refractivity contribution is -0.136. The molecule has 5 aliphatic carbocycles. The van der Waals surface area contributed by atoms with E-state index in [0.29, 0.717) is 23.2 Å². The number of methoxy groups -OCH3 is 1. The zero-order chi connectivity index (χ0) is 12.1. The number of hydrogen-bond donors (Lipinski definition) is 0. The van der Waals surface area contributed by atoms with Crippen molar-refractivity contribution in [2.24, 2.45) is 35.0 Å². The van der Waals surface area contributed by atoms with Gasteiger partial charge in [0, 0.05) is 16.9 Å². The summed E-state index contributed by atoms with van der Waals surface area (Å²) in [6.07, 6.45) is 5.83. The highest BCUT2D eigenvalue weighted by molar-refractivity contribution is 5.90. The molecule has 18 heavy (non-hydrogen) atoms. The fraction of sp³-hybridized carbons (Fsp3) is 0.667. The third kappa shape index (κ3) is 0.804. The molecule has 6 rings (SSSR count). The van der Waals surface area contributed by atoms with Crippen molar-refractivity contribution < 1.29 is 14.3 Å². The van der Waals surface area contributed by atoms with Crippen molar-refractivity contribution in [2.75, 3.05) is 20.3 Å². The van der Waals surface area contributed by atoms with Gasteiger partial charge in [-0.15, -0.1) is 0 Å². The SMILES string of the molecule is COC(=O)C1=CC2C3CC4C1C=C1COCC14C23. The summed E-state index contributed by atoms with van der Waals surface area (Å²) >= 11 is 0. The highest BCUT2D eigenvalue weighted by atomic mass is 16.5. The van der Waals surface area contributed by atoms with Crippen LogP contribution in [-0.4, -0.2) is 26.3 Å². The molecule has 0 radical (unpaired) electrons. The molecule has 6 atom stereocenters. The van der Waals surface area contributed by atoms with Crippen molar-refractivity contribution in [3.63, 3.8) is 0 Å². The summed E-state index contributed by atoms with van der Waals surface area (Å²) in [6.45, 7) is 1.68. The van der Waals surface area contributed by atoms with Crippen molar-refractivity contribution in [1.29, 1.82) is 0 Å². The molecule has 3 nitrogen and oxygen atoms in total. The molecule has 6 aliphatic rings. The Bertz CT molecular complexity index is 532. The molecule has 0 aromatic carbocycles. The first-order valence-electron chi connectivity index (χ1n) is 6.86. The molecule has 6 unspecified atom stereocenters. The van der Waals surface area contributed by atoms with Crippen LogP contribution in [0.1, 0.15) is 6.42 Å². The Kier molecular flexibility index (Phi) is 1.49. The van der Waals surface area contributed by atoms with Crippen LogP contribution in [0, 0.1) is 35.0 Å². The minimum atomic E-state index is -0.119. The summed E-state index contributed by atoms with van der Waals surface area (Å²) in [7, 11) is 1.49. The predicted octanol–water partition coefficient (Wildman–Crippen LogP) is 1.55. The maximum atomic E-state index is 12.0. The number of hydrogen-bond acceptors (Lipinski definition) is 3. The molecule has 6 bridgehead atoms. The van der Waals surface area contributed by atoms with E-state index in [-0.39, 0.29) is 5.97 Å². The van der Waals surface area contributed by atoms with Crippen LogP contribution in [0.2, 0.25) is 0 Å². The molecule has 0 aromatic heterocycles. The first-order valence-corrected chi connectivity index (χ1v) is 6.86. The molecular formula is C15H16O3. The zero-order valence-corrected chi connectivity index (χ0v) is 10.4. The molecule has 0 amide bonds. The third-order valence-corrected chi connectivity index (χ3v) is 6.17. The smallest absolute Gasteiger partial charge is 0.334 e. The van der Waals surface area contributed by atoms with Gasteiger partial charge in [-0.2, -0.15) is 0 Å². The normalized spacial score (nSPS) is 53.5. The van der Waals surface area contributed by atoms with Gasteiger partial charge in [-0.3, -0.25) is 0 Å². The second-order valence-corrected chi connectivity index (χ2v) is 6.47. The maximum absolute atomic E-state index is 12.0. The molecule has 1 heterocycles. The highest BCUT2D eigenvalue weighted by Crippen LogP contribution is 2.78. The van der Waals surface area contributed by atoms with E-state index in [2.05, 4.69) is 12.2 Å². The number of rotatable bonds is 1. The Balaban J connectivity index is 1.70. The van der Waals surface area contributed by atoms with Crippen LogP contribution < -0.4 is 0 Å². The fourth-order valence-electron chi connectivity index (χ4n) is 5.57. The number of esters is 1. The molecule has 3 heteroatoms. The van der Waals surface area contributed by atoms with Crippen molar-refractivity contribution in [3.05, 3.63) is 23.3 Å². The lowest BCUT2D eigenvalue weighted by Gasteiger charge is -2.31. The second-order valence-electron chi connectivity index (χ2n) is 6.47. The number of allylic oxidation sites excluding steroid dienone is 2. The largest absolute Gasteiger partial charge is 0.466 e. The Labute approximate surface area is 106 Å². The average molecular weight is 244 g/mol. The van der Waals surface area contributed by atoms with E-state index < -0.39 is 0 Å². The van der Waals surface area contributed by atoms with Crippen LogP contribution in [-0.2, 0) is 14.3 Å². The van der Waals surface area contributed by atoms with E-state index in [0.717, 1.165) is 30.6 Å². The van der Waals surface area contributed by atoms with Crippen LogP contribution >= 0.6 is 0 Å². The topological polar surface area (TPSA) is 35.5 Å². The fourth-order valence-corrected chi connectivity index (χ4v) is 5.57. The van der Waals surface area contributed by atoms with Gasteiger partial charge >= 0.3 is 5.97 Å². The van der Waals surface area contributed by atoms with Crippen molar-refractivity contribution >= 4 is 5.97 Å². The van der Waals surface area contributed by atoms with Crippen LogP contribution in [0.5, 0.6) is 0 Å². The maximum Gasteiger partial charge on any atom is 0.334 e. The van der Waals surface area contributed by atoms with Gasteiger partial charge in [-0.25, -0.2) is 4.79 Å². The summed E-state index contributed by atoms with van der Waals surface area (Å²) in [5.41, 5.74) is 2.71. The lowest BCUT2D eigenvalue weighted by atomic mass is 9.71. The van der Waals surface area contributed by atoms with E-state index in [1.54, 1.807) is 0 Å². The molecule has 1 spiro atoms. The summed E-state index contributed by atoms with van der Waals surface area (Å²) in [5, 5.41) is 0. The second kappa shape index (κ2) is 2.74.